The van der Waals surface area contributed by atoms with E-state index in [1.165, 1.54) is 0 Å². The Balaban J connectivity index is 2.05. The quantitative estimate of drug-likeness (QED) is 0.728. The number of rotatable bonds is 7. The topological polar surface area (TPSA) is 34.1 Å². The van der Waals surface area contributed by atoms with Crippen LogP contribution in [0.3, 0.4) is 0 Å². The summed E-state index contributed by atoms with van der Waals surface area (Å²) in [7, 11) is 0. The average molecular weight is 228 g/mol. The van der Waals surface area contributed by atoms with E-state index in [1.807, 2.05) is 5.51 Å². The molecule has 4 heteroatoms. The lowest BCUT2D eigenvalue weighted by molar-refractivity contribution is 0.110. The van der Waals surface area contributed by atoms with Crippen molar-refractivity contribution in [2.75, 3.05) is 19.8 Å². The summed E-state index contributed by atoms with van der Waals surface area (Å²) >= 11 is 1.63. The standard InChI is InChI=1S/C11H20N2OS/c1-9(2)6-14-5-4-12-10(3)11-7-15-8-13-11/h7-10,12H,4-6H2,1-3H3. The molecule has 1 atom stereocenters. The van der Waals surface area contributed by atoms with Crippen molar-refractivity contribution in [1.82, 2.24) is 10.3 Å². The molecule has 1 rings (SSSR count). The van der Waals surface area contributed by atoms with E-state index in [0.717, 1.165) is 25.5 Å². The van der Waals surface area contributed by atoms with Crippen molar-refractivity contribution in [2.45, 2.75) is 26.8 Å². The van der Waals surface area contributed by atoms with Crippen LogP contribution < -0.4 is 5.32 Å². The third kappa shape index (κ3) is 5.25. The van der Waals surface area contributed by atoms with Gasteiger partial charge in [0.25, 0.3) is 0 Å². The van der Waals surface area contributed by atoms with Gasteiger partial charge < -0.3 is 10.1 Å². The number of nitrogens with zero attached hydrogens (tertiary/aromatic N) is 1. The molecular formula is C11H20N2OS. The summed E-state index contributed by atoms with van der Waals surface area (Å²) in [5.41, 5.74) is 2.98. The highest BCUT2D eigenvalue weighted by atomic mass is 32.1. The second-order valence-corrected chi connectivity index (χ2v) is 4.78. The van der Waals surface area contributed by atoms with Crippen LogP contribution in [0.1, 0.15) is 32.5 Å². The van der Waals surface area contributed by atoms with E-state index in [2.05, 4.69) is 36.5 Å². The zero-order valence-electron chi connectivity index (χ0n) is 9.69. The molecular weight excluding hydrogens is 208 g/mol. The summed E-state index contributed by atoms with van der Waals surface area (Å²) in [5.74, 6) is 0.612. The summed E-state index contributed by atoms with van der Waals surface area (Å²) < 4.78 is 5.48. The molecule has 0 radical (unpaired) electrons. The second kappa shape index (κ2) is 6.93. The maximum atomic E-state index is 5.48. The first kappa shape index (κ1) is 12.6. The van der Waals surface area contributed by atoms with E-state index in [-0.39, 0.29) is 0 Å². The smallest absolute Gasteiger partial charge is 0.0795 e. The fourth-order valence-electron chi connectivity index (χ4n) is 1.21. The van der Waals surface area contributed by atoms with Crippen LogP contribution in [0.2, 0.25) is 0 Å². The molecule has 0 saturated heterocycles. The number of nitrogens with one attached hydrogen (secondary N) is 1. The van der Waals surface area contributed by atoms with Crippen molar-refractivity contribution in [3.8, 4) is 0 Å². The maximum absolute atomic E-state index is 5.48. The molecule has 0 aliphatic rings. The Labute approximate surface area is 95.9 Å². The molecule has 0 bridgehead atoms. The van der Waals surface area contributed by atoms with Gasteiger partial charge in [-0.2, -0.15) is 0 Å². The summed E-state index contributed by atoms with van der Waals surface area (Å²) in [4.78, 5) is 4.26. The van der Waals surface area contributed by atoms with E-state index >= 15 is 0 Å². The molecule has 0 aliphatic heterocycles. The highest BCUT2D eigenvalue weighted by Gasteiger charge is 2.05. The van der Waals surface area contributed by atoms with Crippen molar-refractivity contribution in [3.05, 3.63) is 16.6 Å². The molecule has 0 aliphatic carbocycles. The van der Waals surface area contributed by atoms with Gasteiger partial charge in [-0.15, -0.1) is 11.3 Å². The fraction of sp³-hybridized carbons (Fsp3) is 0.727. The van der Waals surface area contributed by atoms with Gasteiger partial charge >= 0.3 is 0 Å². The number of ether oxygens (including phenoxy) is 1. The molecule has 1 N–H and O–H groups in total. The van der Waals surface area contributed by atoms with Crippen LogP contribution in [0.25, 0.3) is 0 Å². The maximum Gasteiger partial charge on any atom is 0.0795 e. The molecule has 0 aromatic carbocycles. The lowest BCUT2D eigenvalue weighted by Gasteiger charge is -2.12. The lowest BCUT2D eigenvalue weighted by atomic mass is 10.2. The molecule has 1 unspecified atom stereocenters. The van der Waals surface area contributed by atoms with Gasteiger partial charge in [-0.05, 0) is 12.8 Å². The van der Waals surface area contributed by atoms with Gasteiger partial charge in [-0.1, -0.05) is 13.8 Å². The van der Waals surface area contributed by atoms with Crippen LogP contribution in [0.4, 0.5) is 0 Å². The molecule has 0 fully saturated rings. The average Bonchev–Trinajstić information content (AvgIpc) is 2.69. The molecule has 86 valence electrons. The van der Waals surface area contributed by atoms with Gasteiger partial charge in [0.15, 0.2) is 0 Å². The zero-order valence-corrected chi connectivity index (χ0v) is 10.5. The van der Waals surface area contributed by atoms with Gasteiger partial charge in [0.2, 0.25) is 0 Å². The van der Waals surface area contributed by atoms with Crippen LogP contribution >= 0.6 is 11.3 Å². The number of aromatic nitrogens is 1. The van der Waals surface area contributed by atoms with E-state index in [1.54, 1.807) is 11.3 Å². The second-order valence-electron chi connectivity index (χ2n) is 4.06. The molecule has 0 saturated carbocycles. The van der Waals surface area contributed by atoms with E-state index in [0.29, 0.717) is 12.0 Å². The van der Waals surface area contributed by atoms with Crippen molar-refractivity contribution in [3.63, 3.8) is 0 Å². The third-order valence-electron chi connectivity index (χ3n) is 2.04. The van der Waals surface area contributed by atoms with Crippen LogP contribution in [0, 0.1) is 5.92 Å². The van der Waals surface area contributed by atoms with Gasteiger partial charge in [0, 0.05) is 24.6 Å². The van der Waals surface area contributed by atoms with Crippen molar-refractivity contribution in [2.24, 2.45) is 5.92 Å². The zero-order chi connectivity index (χ0) is 11.1. The predicted octanol–water partition coefficient (Wildman–Crippen LogP) is 2.47. The minimum Gasteiger partial charge on any atom is -0.380 e. The van der Waals surface area contributed by atoms with Crippen molar-refractivity contribution < 1.29 is 4.74 Å². The minimum absolute atomic E-state index is 0.318. The first-order valence-electron chi connectivity index (χ1n) is 5.39. The van der Waals surface area contributed by atoms with E-state index in [9.17, 15) is 0 Å². The number of hydrogen-bond donors (Lipinski definition) is 1. The summed E-state index contributed by atoms with van der Waals surface area (Å²) in [6.45, 7) is 8.93. The van der Waals surface area contributed by atoms with Crippen molar-refractivity contribution >= 4 is 11.3 Å². The number of thiazole rings is 1. The van der Waals surface area contributed by atoms with E-state index in [4.69, 9.17) is 4.74 Å². The van der Waals surface area contributed by atoms with Crippen LogP contribution in [0.5, 0.6) is 0 Å². The Morgan fingerprint density at radius 1 is 1.47 bits per heavy atom. The Morgan fingerprint density at radius 2 is 2.27 bits per heavy atom. The first-order chi connectivity index (χ1) is 7.20. The molecule has 3 nitrogen and oxygen atoms in total. The lowest BCUT2D eigenvalue weighted by Crippen LogP contribution is -2.24. The summed E-state index contributed by atoms with van der Waals surface area (Å²) in [5, 5.41) is 5.45. The third-order valence-corrected chi connectivity index (χ3v) is 2.65. The Morgan fingerprint density at radius 3 is 2.87 bits per heavy atom. The van der Waals surface area contributed by atoms with Gasteiger partial charge in [0.05, 0.1) is 17.8 Å². The Kier molecular flexibility index (Phi) is 5.83. The van der Waals surface area contributed by atoms with E-state index < -0.39 is 0 Å². The largest absolute Gasteiger partial charge is 0.380 e. The minimum atomic E-state index is 0.318. The molecule has 0 spiro atoms. The SMILES string of the molecule is CC(C)COCCNC(C)c1cscn1. The summed E-state index contributed by atoms with van der Waals surface area (Å²) in [6.07, 6.45) is 0. The van der Waals surface area contributed by atoms with Gasteiger partial charge in [-0.3, -0.25) is 0 Å². The Hall–Kier alpha value is -0.450. The highest BCUT2D eigenvalue weighted by molar-refractivity contribution is 7.07. The van der Waals surface area contributed by atoms with Crippen LogP contribution in [-0.2, 0) is 4.74 Å². The molecule has 1 heterocycles. The van der Waals surface area contributed by atoms with Gasteiger partial charge in [0.1, 0.15) is 0 Å². The van der Waals surface area contributed by atoms with Crippen molar-refractivity contribution in [1.29, 1.82) is 0 Å². The van der Waals surface area contributed by atoms with Crippen LogP contribution in [0.15, 0.2) is 10.9 Å². The van der Waals surface area contributed by atoms with Gasteiger partial charge in [-0.25, -0.2) is 4.98 Å². The molecule has 1 aromatic heterocycles. The highest BCUT2D eigenvalue weighted by Crippen LogP contribution is 2.10. The molecule has 0 amide bonds. The normalized spacial score (nSPS) is 13.3. The Bertz CT molecular complexity index is 249. The number of hydrogen-bond acceptors (Lipinski definition) is 4. The predicted molar refractivity (Wildman–Crippen MR) is 64.2 cm³/mol. The fourth-order valence-corrected chi connectivity index (χ4v) is 1.85. The monoisotopic (exact) mass is 228 g/mol. The molecule has 15 heavy (non-hydrogen) atoms. The summed E-state index contributed by atoms with van der Waals surface area (Å²) in [6, 6.07) is 0.318. The first-order valence-corrected chi connectivity index (χ1v) is 6.33. The molecule has 1 aromatic rings. The van der Waals surface area contributed by atoms with Crippen LogP contribution in [-0.4, -0.2) is 24.7 Å².